The molecule has 0 aliphatic carbocycles. The summed E-state index contributed by atoms with van der Waals surface area (Å²) in [7, 11) is 0. The van der Waals surface area contributed by atoms with Crippen LogP contribution in [0.4, 0.5) is 0 Å². The number of hydrogen-bond acceptors (Lipinski definition) is 4. The SMILES string of the molecule is N#Cc1ccc(C(=O)NCC[C@@H](O)c2ccsc2)cc1. The monoisotopic (exact) mass is 286 g/mol. The molecule has 2 aromatic rings. The first-order valence-electron chi connectivity index (χ1n) is 6.19. The van der Waals surface area contributed by atoms with Gasteiger partial charge in [-0.25, -0.2) is 0 Å². The summed E-state index contributed by atoms with van der Waals surface area (Å²) in [5.74, 6) is -0.202. The Bertz CT molecular complexity index is 600. The zero-order valence-corrected chi connectivity index (χ0v) is 11.6. The average Bonchev–Trinajstić information content (AvgIpc) is 3.01. The van der Waals surface area contributed by atoms with E-state index < -0.39 is 6.10 Å². The number of benzene rings is 1. The molecule has 1 aromatic heterocycles. The number of thiophene rings is 1. The summed E-state index contributed by atoms with van der Waals surface area (Å²) in [6.45, 7) is 0.399. The number of carbonyl (C=O) groups is 1. The van der Waals surface area contributed by atoms with E-state index in [-0.39, 0.29) is 5.91 Å². The maximum atomic E-state index is 11.8. The molecule has 2 N–H and O–H groups in total. The Morgan fingerprint density at radius 3 is 2.70 bits per heavy atom. The molecule has 0 bridgehead atoms. The third-order valence-corrected chi connectivity index (χ3v) is 3.61. The Kier molecular flexibility index (Phi) is 4.88. The van der Waals surface area contributed by atoms with E-state index in [1.54, 1.807) is 24.3 Å². The minimum atomic E-state index is -0.553. The van der Waals surface area contributed by atoms with Crippen LogP contribution in [0.15, 0.2) is 41.1 Å². The fourth-order valence-corrected chi connectivity index (χ4v) is 2.46. The van der Waals surface area contributed by atoms with Gasteiger partial charge in [0.15, 0.2) is 0 Å². The van der Waals surface area contributed by atoms with Gasteiger partial charge < -0.3 is 10.4 Å². The minimum Gasteiger partial charge on any atom is -0.388 e. The lowest BCUT2D eigenvalue weighted by Crippen LogP contribution is -2.25. The molecule has 0 saturated heterocycles. The van der Waals surface area contributed by atoms with Crippen molar-refractivity contribution in [2.45, 2.75) is 12.5 Å². The Balaban J connectivity index is 1.81. The smallest absolute Gasteiger partial charge is 0.251 e. The van der Waals surface area contributed by atoms with Crippen LogP contribution in [0.3, 0.4) is 0 Å². The molecule has 1 aromatic carbocycles. The second-order valence-electron chi connectivity index (χ2n) is 4.31. The number of nitrogens with one attached hydrogen (secondary N) is 1. The van der Waals surface area contributed by atoms with E-state index in [1.807, 2.05) is 22.9 Å². The fraction of sp³-hybridized carbons (Fsp3) is 0.200. The summed E-state index contributed by atoms with van der Waals surface area (Å²) < 4.78 is 0. The topological polar surface area (TPSA) is 73.1 Å². The first kappa shape index (κ1) is 14.3. The molecule has 0 aliphatic heterocycles. The highest BCUT2D eigenvalue weighted by Crippen LogP contribution is 2.18. The van der Waals surface area contributed by atoms with Gasteiger partial charge in [0.1, 0.15) is 0 Å². The predicted octanol–water partition coefficient (Wildman–Crippen LogP) is 2.47. The van der Waals surface area contributed by atoms with Crippen molar-refractivity contribution in [3.63, 3.8) is 0 Å². The average molecular weight is 286 g/mol. The highest BCUT2D eigenvalue weighted by Gasteiger charge is 2.09. The zero-order chi connectivity index (χ0) is 14.4. The van der Waals surface area contributed by atoms with Crippen LogP contribution >= 0.6 is 11.3 Å². The summed E-state index contributed by atoms with van der Waals surface area (Å²) in [5, 5.41) is 25.1. The molecule has 102 valence electrons. The van der Waals surface area contributed by atoms with Crippen LogP contribution in [0.2, 0.25) is 0 Å². The molecule has 0 radical (unpaired) electrons. The van der Waals surface area contributed by atoms with Crippen molar-refractivity contribution in [3.05, 3.63) is 57.8 Å². The van der Waals surface area contributed by atoms with Gasteiger partial charge in [-0.15, -0.1) is 0 Å². The van der Waals surface area contributed by atoms with Crippen molar-refractivity contribution < 1.29 is 9.90 Å². The van der Waals surface area contributed by atoms with Gasteiger partial charge in [-0.3, -0.25) is 4.79 Å². The molecule has 1 amide bonds. The first-order valence-corrected chi connectivity index (χ1v) is 7.13. The van der Waals surface area contributed by atoms with E-state index in [2.05, 4.69) is 5.32 Å². The van der Waals surface area contributed by atoms with E-state index in [1.165, 1.54) is 11.3 Å². The van der Waals surface area contributed by atoms with Crippen LogP contribution in [0.1, 0.15) is 34.0 Å². The number of hydrogen-bond donors (Lipinski definition) is 2. The van der Waals surface area contributed by atoms with Gasteiger partial charge in [0.2, 0.25) is 0 Å². The van der Waals surface area contributed by atoms with Gasteiger partial charge in [0, 0.05) is 12.1 Å². The van der Waals surface area contributed by atoms with E-state index >= 15 is 0 Å². The Labute approximate surface area is 121 Å². The Morgan fingerprint density at radius 2 is 2.10 bits per heavy atom. The molecule has 0 fully saturated rings. The second kappa shape index (κ2) is 6.85. The molecule has 4 nitrogen and oxygen atoms in total. The Morgan fingerprint density at radius 1 is 1.35 bits per heavy atom. The molecule has 0 spiro atoms. The summed E-state index contributed by atoms with van der Waals surface area (Å²) in [6.07, 6.45) is -0.0822. The van der Waals surface area contributed by atoms with Gasteiger partial charge in [-0.2, -0.15) is 16.6 Å². The van der Waals surface area contributed by atoms with Crippen molar-refractivity contribution >= 4 is 17.2 Å². The highest BCUT2D eigenvalue weighted by molar-refractivity contribution is 7.07. The number of aliphatic hydroxyl groups is 1. The summed E-state index contributed by atoms with van der Waals surface area (Å²) >= 11 is 1.53. The van der Waals surface area contributed by atoms with E-state index in [0.717, 1.165) is 5.56 Å². The second-order valence-corrected chi connectivity index (χ2v) is 5.09. The molecule has 0 saturated carbocycles. The lowest BCUT2D eigenvalue weighted by molar-refractivity contribution is 0.0942. The molecule has 20 heavy (non-hydrogen) atoms. The fourth-order valence-electron chi connectivity index (χ4n) is 1.75. The number of carbonyl (C=O) groups excluding carboxylic acids is 1. The minimum absolute atomic E-state index is 0.202. The van der Waals surface area contributed by atoms with Gasteiger partial charge >= 0.3 is 0 Å². The number of nitrogens with zero attached hydrogens (tertiary/aromatic N) is 1. The van der Waals surface area contributed by atoms with Crippen molar-refractivity contribution in [1.29, 1.82) is 5.26 Å². The predicted molar refractivity (Wildman–Crippen MR) is 77.4 cm³/mol. The molecule has 1 atom stereocenters. The Hall–Kier alpha value is -2.16. The molecule has 5 heteroatoms. The normalized spacial score (nSPS) is 11.6. The quantitative estimate of drug-likeness (QED) is 0.886. The van der Waals surface area contributed by atoms with Crippen molar-refractivity contribution in [1.82, 2.24) is 5.32 Å². The van der Waals surface area contributed by atoms with Crippen molar-refractivity contribution in [2.24, 2.45) is 0 Å². The highest BCUT2D eigenvalue weighted by atomic mass is 32.1. The van der Waals surface area contributed by atoms with E-state index in [9.17, 15) is 9.90 Å². The van der Waals surface area contributed by atoms with Crippen LogP contribution < -0.4 is 5.32 Å². The maximum Gasteiger partial charge on any atom is 0.251 e. The van der Waals surface area contributed by atoms with Gasteiger partial charge in [-0.05, 0) is 53.1 Å². The number of aliphatic hydroxyl groups excluding tert-OH is 1. The van der Waals surface area contributed by atoms with E-state index in [0.29, 0.717) is 24.1 Å². The third kappa shape index (κ3) is 3.67. The summed E-state index contributed by atoms with van der Waals surface area (Å²) in [4.78, 5) is 11.8. The lowest BCUT2D eigenvalue weighted by atomic mass is 10.1. The van der Waals surface area contributed by atoms with Gasteiger partial charge in [0.25, 0.3) is 5.91 Å². The number of amides is 1. The standard InChI is InChI=1S/C15H14N2O2S/c16-9-11-1-3-12(4-2-11)15(19)17-7-5-14(18)13-6-8-20-10-13/h1-4,6,8,10,14,18H,5,7H2,(H,17,19)/t14-/m1/s1. The van der Waals surface area contributed by atoms with Crippen LogP contribution in [0.25, 0.3) is 0 Å². The van der Waals surface area contributed by atoms with Crippen molar-refractivity contribution in [3.8, 4) is 6.07 Å². The molecule has 1 heterocycles. The molecule has 0 aliphatic rings. The summed E-state index contributed by atoms with van der Waals surface area (Å²) in [6, 6.07) is 10.3. The molecule has 0 unspecified atom stereocenters. The van der Waals surface area contributed by atoms with Crippen LogP contribution in [0.5, 0.6) is 0 Å². The number of rotatable bonds is 5. The molecule has 2 rings (SSSR count). The summed E-state index contributed by atoms with van der Waals surface area (Å²) in [5.41, 5.74) is 1.91. The lowest BCUT2D eigenvalue weighted by Gasteiger charge is -2.10. The van der Waals surface area contributed by atoms with Gasteiger partial charge in [0.05, 0.1) is 17.7 Å². The first-order chi connectivity index (χ1) is 9.70. The van der Waals surface area contributed by atoms with Gasteiger partial charge in [-0.1, -0.05) is 0 Å². The van der Waals surface area contributed by atoms with Crippen LogP contribution in [-0.2, 0) is 0 Å². The third-order valence-electron chi connectivity index (χ3n) is 2.91. The maximum absolute atomic E-state index is 11.8. The van der Waals surface area contributed by atoms with Crippen molar-refractivity contribution in [2.75, 3.05) is 6.54 Å². The van der Waals surface area contributed by atoms with Crippen LogP contribution in [0, 0.1) is 11.3 Å². The zero-order valence-electron chi connectivity index (χ0n) is 10.7. The molecular formula is C15H14N2O2S. The number of nitriles is 1. The van der Waals surface area contributed by atoms with E-state index in [4.69, 9.17) is 5.26 Å². The molecular weight excluding hydrogens is 272 g/mol. The van der Waals surface area contributed by atoms with Crippen LogP contribution in [-0.4, -0.2) is 17.6 Å². The largest absolute Gasteiger partial charge is 0.388 e.